The maximum absolute atomic E-state index is 13.2. The van der Waals surface area contributed by atoms with E-state index in [2.05, 4.69) is 10.4 Å². The first-order chi connectivity index (χ1) is 14.2. The third-order valence-electron chi connectivity index (χ3n) is 4.53. The summed E-state index contributed by atoms with van der Waals surface area (Å²) in [4.78, 5) is 26.7. The third kappa shape index (κ3) is 4.47. The lowest BCUT2D eigenvalue weighted by Gasteiger charge is -2.18. The number of anilines is 1. The Morgan fingerprint density at radius 2 is 1.70 bits per heavy atom. The Labute approximate surface area is 183 Å². The van der Waals surface area contributed by atoms with Crippen LogP contribution in [0.2, 0.25) is 10.0 Å². The molecule has 0 aliphatic rings. The number of hydrogen-bond donors (Lipinski definition) is 1. The number of carbonyl (C=O) groups is 2. The molecule has 9 heteroatoms. The van der Waals surface area contributed by atoms with Crippen LogP contribution in [0.5, 0.6) is 0 Å². The number of likely N-dealkylation sites (N-methyl/N-ethyl adjacent to an activating group) is 1. The second-order valence-corrected chi connectivity index (χ2v) is 7.55. The number of aryl methyl sites for hydroxylation is 1. The first kappa shape index (κ1) is 21.8. The van der Waals surface area contributed by atoms with E-state index in [0.29, 0.717) is 38.4 Å². The largest absolute Gasteiger partial charge is 0.332 e. The number of para-hydroxylation sites is 1. The highest BCUT2D eigenvalue weighted by Gasteiger charge is 2.24. The molecule has 6 nitrogen and oxygen atoms in total. The Morgan fingerprint density at radius 3 is 2.30 bits per heavy atom. The van der Waals surface area contributed by atoms with Gasteiger partial charge in [-0.3, -0.25) is 9.59 Å². The highest BCUT2D eigenvalue weighted by Crippen LogP contribution is 2.29. The van der Waals surface area contributed by atoms with Gasteiger partial charge in [-0.15, -0.1) is 0 Å². The van der Waals surface area contributed by atoms with E-state index < -0.39 is 5.91 Å². The molecular formula is C21H19Cl2FN4O2. The van der Waals surface area contributed by atoms with E-state index in [0.717, 1.165) is 0 Å². The van der Waals surface area contributed by atoms with Crippen molar-refractivity contribution in [2.75, 3.05) is 18.9 Å². The van der Waals surface area contributed by atoms with Crippen molar-refractivity contribution in [2.24, 2.45) is 0 Å². The minimum Gasteiger partial charge on any atom is -0.332 e. The predicted octanol–water partition coefficient (Wildman–Crippen LogP) is 4.65. The standard InChI is InChI=1S/C21H19Cl2FN4O2/c1-12-19(13(2)28(26-12)15-9-7-14(24)8-10-15)21(30)27(3)11-18(29)25-20-16(22)5-4-6-17(20)23/h4-10H,11H2,1-3H3,(H,25,29). The zero-order chi connectivity index (χ0) is 22.0. The van der Waals surface area contributed by atoms with Gasteiger partial charge < -0.3 is 10.2 Å². The minimum absolute atomic E-state index is 0.207. The lowest BCUT2D eigenvalue weighted by Crippen LogP contribution is -2.35. The Hall–Kier alpha value is -2.90. The summed E-state index contributed by atoms with van der Waals surface area (Å²) in [5.74, 6) is -1.17. The molecule has 2 aromatic carbocycles. The molecule has 3 aromatic rings. The second-order valence-electron chi connectivity index (χ2n) is 6.74. The highest BCUT2D eigenvalue weighted by molar-refractivity contribution is 6.39. The summed E-state index contributed by atoms with van der Waals surface area (Å²) in [6, 6.07) is 10.7. The summed E-state index contributed by atoms with van der Waals surface area (Å²) in [6.07, 6.45) is 0. The maximum atomic E-state index is 13.2. The number of halogens is 3. The van der Waals surface area contributed by atoms with E-state index in [1.54, 1.807) is 48.9 Å². The van der Waals surface area contributed by atoms with Crippen LogP contribution in [0.3, 0.4) is 0 Å². The van der Waals surface area contributed by atoms with Crippen molar-refractivity contribution in [3.8, 4) is 5.69 Å². The molecule has 0 atom stereocenters. The van der Waals surface area contributed by atoms with Crippen LogP contribution >= 0.6 is 23.2 Å². The normalized spacial score (nSPS) is 10.7. The van der Waals surface area contributed by atoms with Gasteiger partial charge in [0.25, 0.3) is 5.91 Å². The van der Waals surface area contributed by atoms with Gasteiger partial charge in [0.2, 0.25) is 5.91 Å². The summed E-state index contributed by atoms with van der Waals surface area (Å²) in [7, 11) is 1.52. The molecule has 30 heavy (non-hydrogen) atoms. The summed E-state index contributed by atoms with van der Waals surface area (Å²) in [5.41, 5.74) is 2.40. The van der Waals surface area contributed by atoms with Gasteiger partial charge in [-0.05, 0) is 50.2 Å². The van der Waals surface area contributed by atoms with Crippen LogP contribution in [0.15, 0.2) is 42.5 Å². The smallest absolute Gasteiger partial charge is 0.257 e. The molecule has 1 heterocycles. The zero-order valence-electron chi connectivity index (χ0n) is 16.5. The van der Waals surface area contributed by atoms with Gasteiger partial charge in [-0.1, -0.05) is 29.3 Å². The Kier molecular flexibility index (Phi) is 6.43. The van der Waals surface area contributed by atoms with E-state index >= 15 is 0 Å². The Morgan fingerprint density at radius 1 is 1.10 bits per heavy atom. The molecule has 0 aliphatic heterocycles. The summed E-state index contributed by atoms with van der Waals surface area (Å²) >= 11 is 12.1. The Balaban J connectivity index is 1.78. The van der Waals surface area contributed by atoms with E-state index in [9.17, 15) is 14.0 Å². The number of nitrogens with one attached hydrogen (secondary N) is 1. The van der Waals surface area contributed by atoms with Crippen LogP contribution in [0.4, 0.5) is 10.1 Å². The van der Waals surface area contributed by atoms with Gasteiger partial charge in [-0.2, -0.15) is 5.10 Å². The van der Waals surface area contributed by atoms with Crippen LogP contribution in [-0.2, 0) is 4.79 Å². The van der Waals surface area contributed by atoms with Crippen molar-refractivity contribution >= 4 is 40.7 Å². The molecule has 0 saturated carbocycles. The molecule has 3 rings (SSSR count). The van der Waals surface area contributed by atoms with Gasteiger partial charge in [0, 0.05) is 7.05 Å². The summed E-state index contributed by atoms with van der Waals surface area (Å²) in [5, 5.41) is 7.63. The number of carbonyl (C=O) groups excluding carboxylic acids is 2. The lowest BCUT2D eigenvalue weighted by molar-refractivity contribution is -0.116. The van der Waals surface area contributed by atoms with Crippen molar-refractivity contribution in [1.29, 1.82) is 0 Å². The molecule has 0 unspecified atom stereocenters. The fraction of sp³-hybridized carbons (Fsp3) is 0.190. The van der Waals surface area contributed by atoms with E-state index in [1.807, 2.05) is 0 Å². The second kappa shape index (κ2) is 8.85. The molecular weight excluding hydrogens is 430 g/mol. The lowest BCUT2D eigenvalue weighted by atomic mass is 10.1. The van der Waals surface area contributed by atoms with Crippen molar-refractivity contribution < 1.29 is 14.0 Å². The zero-order valence-corrected chi connectivity index (χ0v) is 18.1. The van der Waals surface area contributed by atoms with Gasteiger partial charge in [0.1, 0.15) is 5.82 Å². The number of benzene rings is 2. The molecule has 156 valence electrons. The molecule has 0 fully saturated rings. The van der Waals surface area contributed by atoms with Gasteiger partial charge in [0.15, 0.2) is 0 Å². The molecule has 0 spiro atoms. The van der Waals surface area contributed by atoms with Crippen molar-refractivity contribution in [2.45, 2.75) is 13.8 Å². The predicted molar refractivity (Wildman–Crippen MR) is 115 cm³/mol. The first-order valence-corrected chi connectivity index (χ1v) is 9.76. The number of rotatable bonds is 5. The fourth-order valence-electron chi connectivity index (χ4n) is 3.06. The van der Waals surface area contributed by atoms with Gasteiger partial charge >= 0.3 is 0 Å². The van der Waals surface area contributed by atoms with Gasteiger partial charge in [-0.25, -0.2) is 9.07 Å². The van der Waals surface area contributed by atoms with E-state index in [4.69, 9.17) is 23.2 Å². The van der Waals surface area contributed by atoms with E-state index in [1.165, 1.54) is 24.1 Å². The van der Waals surface area contributed by atoms with Crippen molar-refractivity contribution in [3.63, 3.8) is 0 Å². The molecule has 0 aliphatic carbocycles. The quantitative estimate of drug-likeness (QED) is 0.617. The summed E-state index contributed by atoms with van der Waals surface area (Å²) < 4.78 is 14.8. The van der Waals surface area contributed by atoms with Crippen LogP contribution in [0.1, 0.15) is 21.7 Å². The maximum Gasteiger partial charge on any atom is 0.257 e. The topological polar surface area (TPSA) is 67.2 Å². The van der Waals surface area contributed by atoms with Crippen LogP contribution in [0, 0.1) is 19.7 Å². The number of nitrogens with zero attached hydrogens (tertiary/aromatic N) is 3. The van der Waals surface area contributed by atoms with E-state index in [-0.39, 0.29) is 18.3 Å². The van der Waals surface area contributed by atoms with Crippen molar-refractivity contribution in [1.82, 2.24) is 14.7 Å². The minimum atomic E-state index is -0.443. The summed E-state index contributed by atoms with van der Waals surface area (Å²) in [6.45, 7) is 3.24. The molecule has 0 radical (unpaired) electrons. The van der Waals surface area contributed by atoms with Crippen LogP contribution < -0.4 is 5.32 Å². The molecule has 1 aromatic heterocycles. The molecule has 1 N–H and O–H groups in total. The van der Waals surface area contributed by atoms with Crippen LogP contribution in [-0.4, -0.2) is 40.1 Å². The average Bonchev–Trinajstić information content (AvgIpc) is 2.99. The number of aromatic nitrogens is 2. The van der Waals surface area contributed by atoms with Crippen LogP contribution in [0.25, 0.3) is 5.69 Å². The first-order valence-electron chi connectivity index (χ1n) is 9.00. The SMILES string of the molecule is Cc1nn(-c2ccc(F)cc2)c(C)c1C(=O)N(C)CC(=O)Nc1c(Cl)cccc1Cl. The highest BCUT2D eigenvalue weighted by atomic mass is 35.5. The van der Waals surface area contributed by atoms with Crippen molar-refractivity contribution in [3.05, 3.63) is 75.3 Å². The number of hydrogen-bond acceptors (Lipinski definition) is 3. The molecule has 2 amide bonds. The Bertz CT molecular complexity index is 1090. The average molecular weight is 449 g/mol. The fourth-order valence-corrected chi connectivity index (χ4v) is 3.55. The third-order valence-corrected chi connectivity index (χ3v) is 5.16. The number of amides is 2. The molecule has 0 saturated heterocycles. The monoisotopic (exact) mass is 448 g/mol. The van der Waals surface area contributed by atoms with Gasteiger partial charge in [0.05, 0.1) is 44.9 Å². The molecule has 0 bridgehead atoms.